The second-order valence-corrected chi connectivity index (χ2v) is 4.91. The third kappa shape index (κ3) is 2.93. The van der Waals surface area contributed by atoms with Crippen molar-refractivity contribution in [3.8, 4) is 11.5 Å². The minimum Gasteiger partial charge on any atom is -0.507 e. The maximum atomic E-state index is 12.4. The quantitative estimate of drug-likeness (QED) is 0.809. The number of halogens is 1. The lowest BCUT2D eigenvalue weighted by atomic mass is 10.1. The third-order valence-corrected chi connectivity index (χ3v) is 3.36. The van der Waals surface area contributed by atoms with E-state index in [0.29, 0.717) is 19.0 Å². The molecule has 5 nitrogen and oxygen atoms in total. The van der Waals surface area contributed by atoms with E-state index in [4.69, 9.17) is 16.3 Å². The van der Waals surface area contributed by atoms with Crippen LogP contribution < -0.4 is 0 Å². The Balaban J connectivity index is 2.24. The minimum absolute atomic E-state index is 0.0788. The maximum absolute atomic E-state index is 12.4. The molecule has 1 aliphatic heterocycles. The molecule has 1 aliphatic rings. The molecule has 0 saturated carbocycles. The summed E-state index contributed by atoms with van der Waals surface area (Å²) in [7, 11) is 0. The van der Waals surface area contributed by atoms with Gasteiger partial charge in [0.2, 0.25) is 0 Å². The molecule has 1 saturated heterocycles. The molecular weight excluding hydrogens is 270 g/mol. The van der Waals surface area contributed by atoms with Crippen molar-refractivity contribution in [2.75, 3.05) is 19.0 Å². The van der Waals surface area contributed by atoms with Gasteiger partial charge in [0.05, 0.1) is 18.1 Å². The standard InChI is InChI=1S/C13H16ClNO4/c1-8-6-15(7-9(5-14)19-8)13(18)12-10(16)3-2-4-11(12)17/h2-4,8-9,16-17H,5-7H2,1H3. The van der Waals surface area contributed by atoms with Crippen molar-refractivity contribution in [1.82, 2.24) is 4.90 Å². The molecule has 2 unspecified atom stereocenters. The molecule has 19 heavy (non-hydrogen) atoms. The van der Waals surface area contributed by atoms with Gasteiger partial charge in [-0.05, 0) is 19.1 Å². The van der Waals surface area contributed by atoms with Gasteiger partial charge in [0.1, 0.15) is 17.1 Å². The van der Waals surface area contributed by atoms with Gasteiger partial charge >= 0.3 is 0 Å². The third-order valence-electron chi connectivity index (χ3n) is 3.02. The number of phenols is 2. The fraction of sp³-hybridized carbons (Fsp3) is 0.462. The number of nitrogens with zero attached hydrogens (tertiary/aromatic N) is 1. The highest BCUT2D eigenvalue weighted by molar-refractivity contribution is 6.18. The van der Waals surface area contributed by atoms with E-state index in [1.165, 1.54) is 23.1 Å². The van der Waals surface area contributed by atoms with Crippen LogP contribution in [0.5, 0.6) is 11.5 Å². The minimum atomic E-state index is -0.416. The fourth-order valence-corrected chi connectivity index (χ4v) is 2.37. The second-order valence-electron chi connectivity index (χ2n) is 4.60. The molecule has 1 amide bonds. The van der Waals surface area contributed by atoms with Crippen LogP contribution in [-0.2, 0) is 4.74 Å². The summed E-state index contributed by atoms with van der Waals surface area (Å²) in [6, 6.07) is 4.22. The van der Waals surface area contributed by atoms with Crippen LogP contribution in [0.1, 0.15) is 17.3 Å². The zero-order valence-electron chi connectivity index (χ0n) is 10.5. The van der Waals surface area contributed by atoms with Gasteiger partial charge in [-0.1, -0.05) is 6.07 Å². The fourth-order valence-electron chi connectivity index (χ4n) is 2.20. The highest BCUT2D eigenvalue weighted by Crippen LogP contribution is 2.28. The maximum Gasteiger partial charge on any atom is 0.261 e. The SMILES string of the molecule is CC1CN(C(=O)c2c(O)cccc2O)CC(CCl)O1. The molecule has 104 valence electrons. The number of hydrogen-bond acceptors (Lipinski definition) is 4. The van der Waals surface area contributed by atoms with Crippen molar-refractivity contribution >= 4 is 17.5 Å². The molecule has 1 heterocycles. The number of phenolic OH excluding ortho intramolecular Hbond substituents is 2. The molecule has 0 spiro atoms. The largest absolute Gasteiger partial charge is 0.507 e. The van der Waals surface area contributed by atoms with Crippen LogP contribution in [0.3, 0.4) is 0 Å². The Kier molecular flexibility index (Phi) is 4.17. The van der Waals surface area contributed by atoms with E-state index in [0.717, 1.165) is 0 Å². The molecule has 2 atom stereocenters. The number of hydrogen-bond donors (Lipinski definition) is 2. The molecule has 1 aromatic carbocycles. The Hall–Kier alpha value is -1.46. The summed E-state index contributed by atoms with van der Waals surface area (Å²) in [5.41, 5.74) is -0.0788. The first kappa shape index (κ1) is 14.0. The van der Waals surface area contributed by atoms with Gasteiger partial charge in [-0.25, -0.2) is 0 Å². The lowest BCUT2D eigenvalue weighted by Crippen LogP contribution is -2.49. The number of amides is 1. The summed E-state index contributed by atoms with van der Waals surface area (Å²) in [5.74, 6) is -0.583. The highest BCUT2D eigenvalue weighted by Gasteiger charge is 2.30. The van der Waals surface area contributed by atoms with Gasteiger partial charge in [0.15, 0.2) is 0 Å². The second kappa shape index (κ2) is 5.67. The first-order valence-corrected chi connectivity index (χ1v) is 6.58. The van der Waals surface area contributed by atoms with Crippen molar-refractivity contribution < 1.29 is 19.7 Å². The monoisotopic (exact) mass is 285 g/mol. The topological polar surface area (TPSA) is 70.0 Å². The highest BCUT2D eigenvalue weighted by atomic mass is 35.5. The molecule has 0 bridgehead atoms. The zero-order chi connectivity index (χ0) is 14.0. The van der Waals surface area contributed by atoms with E-state index in [2.05, 4.69) is 0 Å². The number of morpholine rings is 1. The van der Waals surface area contributed by atoms with Crippen molar-refractivity contribution in [2.45, 2.75) is 19.1 Å². The average Bonchev–Trinajstić information content (AvgIpc) is 2.37. The Bertz CT molecular complexity index is 459. The lowest BCUT2D eigenvalue weighted by Gasteiger charge is -2.36. The number of ether oxygens (including phenoxy) is 1. The van der Waals surface area contributed by atoms with Crippen molar-refractivity contribution in [2.24, 2.45) is 0 Å². The van der Waals surface area contributed by atoms with E-state index in [1.807, 2.05) is 6.92 Å². The number of carbonyl (C=O) groups is 1. The zero-order valence-corrected chi connectivity index (χ0v) is 11.3. The summed E-state index contributed by atoms with van der Waals surface area (Å²) in [4.78, 5) is 13.9. The Morgan fingerprint density at radius 3 is 2.63 bits per heavy atom. The van der Waals surface area contributed by atoms with E-state index >= 15 is 0 Å². The molecule has 2 N–H and O–H groups in total. The molecular formula is C13H16ClNO4. The molecule has 0 aliphatic carbocycles. The van der Waals surface area contributed by atoms with E-state index < -0.39 is 5.91 Å². The smallest absolute Gasteiger partial charge is 0.261 e. The van der Waals surface area contributed by atoms with Crippen molar-refractivity contribution in [3.63, 3.8) is 0 Å². The van der Waals surface area contributed by atoms with Crippen molar-refractivity contribution in [1.29, 1.82) is 0 Å². The number of benzene rings is 1. The summed E-state index contributed by atoms with van der Waals surface area (Å²) < 4.78 is 5.56. The lowest BCUT2D eigenvalue weighted by molar-refractivity contribution is -0.0571. The van der Waals surface area contributed by atoms with Crippen LogP contribution in [0, 0.1) is 0 Å². The van der Waals surface area contributed by atoms with E-state index in [1.54, 1.807) is 0 Å². The van der Waals surface area contributed by atoms with Gasteiger partial charge in [-0.2, -0.15) is 0 Å². The summed E-state index contributed by atoms with van der Waals surface area (Å²) in [5, 5.41) is 19.4. The van der Waals surface area contributed by atoms with E-state index in [9.17, 15) is 15.0 Å². The molecule has 0 aromatic heterocycles. The van der Waals surface area contributed by atoms with Crippen LogP contribution in [0.2, 0.25) is 0 Å². The number of alkyl halides is 1. The number of rotatable bonds is 2. The average molecular weight is 286 g/mol. The van der Waals surface area contributed by atoms with Gasteiger partial charge in [-0.15, -0.1) is 11.6 Å². The first-order valence-electron chi connectivity index (χ1n) is 6.04. The Morgan fingerprint density at radius 1 is 1.42 bits per heavy atom. The molecule has 0 radical (unpaired) electrons. The molecule has 1 aromatic rings. The summed E-state index contributed by atoms with van der Waals surface area (Å²) in [6.07, 6.45) is -0.364. The van der Waals surface area contributed by atoms with Crippen LogP contribution in [-0.4, -0.2) is 52.2 Å². The first-order chi connectivity index (χ1) is 9.02. The number of carbonyl (C=O) groups excluding carboxylic acids is 1. The van der Waals surface area contributed by atoms with E-state index in [-0.39, 0.29) is 29.3 Å². The van der Waals surface area contributed by atoms with Crippen LogP contribution in [0.25, 0.3) is 0 Å². The molecule has 1 fully saturated rings. The van der Waals surface area contributed by atoms with Crippen LogP contribution in [0.15, 0.2) is 18.2 Å². The van der Waals surface area contributed by atoms with Crippen molar-refractivity contribution in [3.05, 3.63) is 23.8 Å². The Morgan fingerprint density at radius 2 is 2.05 bits per heavy atom. The molecule has 2 rings (SSSR count). The number of aromatic hydroxyl groups is 2. The summed E-state index contributed by atoms with van der Waals surface area (Å²) in [6.45, 7) is 2.60. The normalized spacial score (nSPS) is 23.4. The van der Waals surface area contributed by atoms with Gasteiger partial charge in [-0.3, -0.25) is 4.79 Å². The summed E-state index contributed by atoms with van der Waals surface area (Å²) >= 11 is 5.76. The van der Waals surface area contributed by atoms with Crippen LogP contribution >= 0.6 is 11.6 Å². The van der Waals surface area contributed by atoms with Gasteiger partial charge < -0.3 is 19.8 Å². The molecule has 6 heteroatoms. The van der Waals surface area contributed by atoms with Crippen LogP contribution in [0.4, 0.5) is 0 Å². The Labute approximate surface area is 116 Å². The van der Waals surface area contributed by atoms with Gasteiger partial charge in [0, 0.05) is 13.1 Å². The predicted molar refractivity (Wildman–Crippen MR) is 70.7 cm³/mol. The predicted octanol–water partition coefficient (Wildman–Crippen LogP) is 1.57. The van der Waals surface area contributed by atoms with Gasteiger partial charge in [0.25, 0.3) is 5.91 Å².